The summed E-state index contributed by atoms with van der Waals surface area (Å²) < 4.78 is 0.806. The lowest BCUT2D eigenvalue weighted by Gasteiger charge is -2.27. The first kappa shape index (κ1) is 10.8. The molecule has 1 aromatic carbocycles. The maximum atomic E-state index is 11.6. The van der Waals surface area contributed by atoms with E-state index in [0.717, 1.165) is 29.7 Å². The molecule has 80 valence electrons. The van der Waals surface area contributed by atoms with Crippen molar-refractivity contribution in [2.45, 2.75) is 6.42 Å². The molecular formula is C10H10BrClN2O. The molecule has 5 heteroatoms. The van der Waals surface area contributed by atoms with E-state index < -0.39 is 0 Å². The summed E-state index contributed by atoms with van der Waals surface area (Å²) in [5.74, 6) is 0. The minimum absolute atomic E-state index is 0.0459. The summed E-state index contributed by atoms with van der Waals surface area (Å²) >= 11 is 9.23. The molecule has 1 N–H and O–H groups in total. The molecule has 0 unspecified atom stereocenters. The van der Waals surface area contributed by atoms with Crippen molar-refractivity contribution in [3.63, 3.8) is 0 Å². The minimum Gasteiger partial charge on any atom is -0.338 e. The highest BCUT2D eigenvalue weighted by molar-refractivity contribution is 9.10. The fourth-order valence-electron chi connectivity index (χ4n) is 1.53. The summed E-state index contributed by atoms with van der Waals surface area (Å²) in [6, 6.07) is 5.43. The van der Waals surface area contributed by atoms with E-state index >= 15 is 0 Å². The Labute approximate surface area is 102 Å². The number of nitrogens with one attached hydrogen (secondary N) is 1. The van der Waals surface area contributed by atoms with Gasteiger partial charge in [-0.2, -0.15) is 0 Å². The van der Waals surface area contributed by atoms with Crippen molar-refractivity contribution in [2.75, 3.05) is 18.0 Å². The Hall–Kier alpha value is -0.740. The number of hydrogen-bond acceptors (Lipinski definition) is 1. The Bertz CT molecular complexity index is 397. The van der Waals surface area contributed by atoms with Crippen LogP contribution in [-0.2, 0) is 0 Å². The van der Waals surface area contributed by atoms with Gasteiger partial charge in [-0.25, -0.2) is 4.79 Å². The number of carbonyl (C=O) groups is 1. The van der Waals surface area contributed by atoms with Gasteiger partial charge in [0, 0.05) is 23.2 Å². The van der Waals surface area contributed by atoms with Gasteiger partial charge < -0.3 is 5.32 Å². The molecule has 1 saturated heterocycles. The van der Waals surface area contributed by atoms with Gasteiger partial charge in [0.2, 0.25) is 0 Å². The maximum Gasteiger partial charge on any atom is 0.321 e. The molecule has 0 spiro atoms. The summed E-state index contributed by atoms with van der Waals surface area (Å²) in [4.78, 5) is 13.3. The lowest BCUT2D eigenvalue weighted by Crippen LogP contribution is -2.46. The van der Waals surface area contributed by atoms with Crippen LogP contribution in [-0.4, -0.2) is 19.1 Å². The summed E-state index contributed by atoms with van der Waals surface area (Å²) in [7, 11) is 0. The highest BCUT2D eigenvalue weighted by Gasteiger charge is 2.19. The van der Waals surface area contributed by atoms with Gasteiger partial charge >= 0.3 is 6.03 Å². The van der Waals surface area contributed by atoms with Crippen LogP contribution in [0.25, 0.3) is 0 Å². The van der Waals surface area contributed by atoms with Crippen molar-refractivity contribution in [3.05, 3.63) is 27.7 Å². The van der Waals surface area contributed by atoms with E-state index in [1.807, 2.05) is 12.1 Å². The molecule has 0 aliphatic carbocycles. The topological polar surface area (TPSA) is 32.3 Å². The molecule has 15 heavy (non-hydrogen) atoms. The maximum absolute atomic E-state index is 11.6. The lowest BCUT2D eigenvalue weighted by molar-refractivity contribution is 0.243. The average Bonchev–Trinajstić information content (AvgIpc) is 2.23. The molecule has 1 aliphatic rings. The van der Waals surface area contributed by atoms with Crippen LogP contribution in [0.15, 0.2) is 22.7 Å². The highest BCUT2D eigenvalue weighted by Crippen LogP contribution is 2.28. The number of benzene rings is 1. The van der Waals surface area contributed by atoms with Gasteiger partial charge in [0.15, 0.2) is 0 Å². The molecule has 0 atom stereocenters. The Morgan fingerprint density at radius 1 is 1.47 bits per heavy atom. The van der Waals surface area contributed by atoms with Gasteiger partial charge in [0.05, 0.1) is 5.02 Å². The molecular weight excluding hydrogens is 279 g/mol. The van der Waals surface area contributed by atoms with Crippen LogP contribution in [0.1, 0.15) is 6.42 Å². The quantitative estimate of drug-likeness (QED) is 0.847. The third kappa shape index (κ3) is 2.26. The van der Waals surface area contributed by atoms with E-state index in [0.29, 0.717) is 5.02 Å². The van der Waals surface area contributed by atoms with Crippen LogP contribution in [0.3, 0.4) is 0 Å². The van der Waals surface area contributed by atoms with Gasteiger partial charge in [-0.1, -0.05) is 11.6 Å². The lowest BCUT2D eigenvalue weighted by atomic mass is 10.2. The Morgan fingerprint density at radius 3 is 2.93 bits per heavy atom. The summed E-state index contributed by atoms with van der Waals surface area (Å²) in [6.07, 6.45) is 0.964. The minimum atomic E-state index is -0.0459. The second kappa shape index (κ2) is 4.41. The molecule has 1 aliphatic heterocycles. The molecule has 3 nitrogen and oxygen atoms in total. The monoisotopic (exact) mass is 288 g/mol. The molecule has 0 bridgehead atoms. The van der Waals surface area contributed by atoms with Crippen molar-refractivity contribution in [2.24, 2.45) is 0 Å². The van der Waals surface area contributed by atoms with Crippen molar-refractivity contribution in [3.8, 4) is 0 Å². The molecule has 1 aromatic rings. The van der Waals surface area contributed by atoms with Crippen LogP contribution < -0.4 is 10.2 Å². The number of anilines is 1. The fraction of sp³-hybridized carbons (Fsp3) is 0.300. The second-order valence-corrected chi connectivity index (χ2v) is 4.60. The van der Waals surface area contributed by atoms with Crippen LogP contribution >= 0.6 is 27.5 Å². The van der Waals surface area contributed by atoms with E-state index in [1.54, 1.807) is 11.0 Å². The third-order valence-corrected chi connectivity index (χ3v) is 3.51. The summed E-state index contributed by atoms with van der Waals surface area (Å²) in [5.41, 5.74) is 0.864. The van der Waals surface area contributed by atoms with Gasteiger partial charge in [0.25, 0.3) is 0 Å². The predicted octanol–water partition coefficient (Wildman–Crippen LogP) is 3.02. The summed E-state index contributed by atoms with van der Waals surface area (Å²) in [5, 5.41) is 3.45. The van der Waals surface area contributed by atoms with Crippen molar-refractivity contribution in [1.29, 1.82) is 0 Å². The molecule has 1 heterocycles. The van der Waals surface area contributed by atoms with Crippen LogP contribution in [0.2, 0.25) is 5.02 Å². The normalized spacial score (nSPS) is 16.4. The number of hydrogen-bond donors (Lipinski definition) is 1. The number of amides is 2. The zero-order chi connectivity index (χ0) is 10.8. The average molecular weight is 290 g/mol. The first-order valence-electron chi connectivity index (χ1n) is 4.69. The van der Waals surface area contributed by atoms with E-state index in [4.69, 9.17) is 11.6 Å². The molecule has 1 fully saturated rings. The fourth-order valence-corrected chi connectivity index (χ4v) is 2.01. The number of urea groups is 1. The van der Waals surface area contributed by atoms with E-state index in [2.05, 4.69) is 21.2 Å². The van der Waals surface area contributed by atoms with Gasteiger partial charge in [-0.3, -0.25) is 4.90 Å². The number of halogens is 2. The first-order chi connectivity index (χ1) is 7.18. The van der Waals surface area contributed by atoms with Gasteiger partial charge in [-0.15, -0.1) is 0 Å². The highest BCUT2D eigenvalue weighted by atomic mass is 79.9. The standard InChI is InChI=1S/C10H10BrClN2O/c11-8-6-7(2-3-9(8)12)14-5-1-4-13-10(14)15/h2-3,6H,1,4-5H2,(H,13,15). The van der Waals surface area contributed by atoms with Crippen molar-refractivity contribution in [1.82, 2.24) is 5.32 Å². The van der Waals surface area contributed by atoms with Crippen LogP contribution in [0, 0.1) is 0 Å². The second-order valence-electron chi connectivity index (χ2n) is 3.34. The molecule has 0 saturated carbocycles. The number of carbonyl (C=O) groups excluding carboxylic acids is 1. The van der Waals surface area contributed by atoms with Crippen molar-refractivity contribution >= 4 is 39.2 Å². The smallest absolute Gasteiger partial charge is 0.321 e. The third-order valence-electron chi connectivity index (χ3n) is 2.29. The largest absolute Gasteiger partial charge is 0.338 e. The SMILES string of the molecule is O=C1NCCCN1c1ccc(Cl)c(Br)c1. The molecule has 0 radical (unpaired) electrons. The molecule has 2 amide bonds. The molecule has 0 aromatic heterocycles. The summed E-state index contributed by atoms with van der Waals surface area (Å²) in [6.45, 7) is 1.50. The number of nitrogens with zero attached hydrogens (tertiary/aromatic N) is 1. The zero-order valence-electron chi connectivity index (χ0n) is 7.96. The zero-order valence-corrected chi connectivity index (χ0v) is 10.3. The van der Waals surface area contributed by atoms with Crippen molar-refractivity contribution < 1.29 is 4.79 Å². The van der Waals surface area contributed by atoms with E-state index in [1.165, 1.54) is 0 Å². The Kier molecular flexibility index (Phi) is 3.17. The Morgan fingerprint density at radius 2 is 2.27 bits per heavy atom. The van der Waals surface area contributed by atoms with Crippen LogP contribution in [0.5, 0.6) is 0 Å². The van der Waals surface area contributed by atoms with E-state index in [9.17, 15) is 4.79 Å². The van der Waals surface area contributed by atoms with Gasteiger partial charge in [-0.05, 0) is 40.5 Å². The Balaban J connectivity index is 2.28. The van der Waals surface area contributed by atoms with Crippen LogP contribution in [0.4, 0.5) is 10.5 Å². The van der Waals surface area contributed by atoms with E-state index in [-0.39, 0.29) is 6.03 Å². The predicted molar refractivity (Wildman–Crippen MR) is 64.5 cm³/mol. The number of rotatable bonds is 1. The first-order valence-corrected chi connectivity index (χ1v) is 5.86. The van der Waals surface area contributed by atoms with Gasteiger partial charge in [0.1, 0.15) is 0 Å². The molecule has 2 rings (SSSR count).